The second-order valence-corrected chi connectivity index (χ2v) is 9.08. The molecule has 1 amide bonds. The van der Waals surface area contributed by atoms with E-state index < -0.39 is 0 Å². The van der Waals surface area contributed by atoms with Crippen LogP contribution in [0, 0.1) is 6.92 Å². The van der Waals surface area contributed by atoms with E-state index in [0.29, 0.717) is 10.6 Å². The van der Waals surface area contributed by atoms with Gasteiger partial charge in [0.25, 0.3) is 5.91 Å². The molecule has 0 saturated carbocycles. The van der Waals surface area contributed by atoms with Gasteiger partial charge in [-0.3, -0.25) is 14.7 Å². The average molecular weight is 459 g/mol. The number of H-pyrrole nitrogens is 1. The lowest BCUT2D eigenvalue weighted by atomic mass is 9.95. The van der Waals surface area contributed by atoms with Crippen molar-refractivity contribution in [2.75, 3.05) is 18.4 Å². The van der Waals surface area contributed by atoms with E-state index in [1.165, 1.54) is 24.8 Å². The highest BCUT2D eigenvalue weighted by Gasteiger charge is 2.29. The molecule has 0 bridgehead atoms. The summed E-state index contributed by atoms with van der Waals surface area (Å²) >= 11 is 5.96. The number of aryl methyl sites for hydroxylation is 1. The van der Waals surface area contributed by atoms with Crippen molar-refractivity contribution in [2.24, 2.45) is 0 Å². The van der Waals surface area contributed by atoms with E-state index in [-0.39, 0.29) is 11.9 Å². The Balaban J connectivity index is 1.54. The van der Waals surface area contributed by atoms with Gasteiger partial charge < -0.3 is 10.3 Å². The number of likely N-dealkylation sites (tertiary alicyclic amines) is 1. The number of carbonyl (C=O) groups is 1. The van der Waals surface area contributed by atoms with E-state index in [1.54, 1.807) is 24.3 Å². The van der Waals surface area contributed by atoms with Gasteiger partial charge in [-0.2, -0.15) is 0 Å². The number of piperidine rings is 1. The number of hydrogen-bond donors (Lipinski definition) is 2. The first-order chi connectivity index (χ1) is 16.1. The Morgan fingerprint density at radius 2 is 1.85 bits per heavy atom. The maximum Gasteiger partial charge on any atom is 0.255 e. The van der Waals surface area contributed by atoms with Gasteiger partial charge in [0, 0.05) is 44.6 Å². The van der Waals surface area contributed by atoms with Crippen molar-refractivity contribution < 1.29 is 4.79 Å². The maximum absolute atomic E-state index is 12.8. The van der Waals surface area contributed by atoms with Crippen LogP contribution in [0.1, 0.15) is 52.6 Å². The Morgan fingerprint density at radius 1 is 1.06 bits per heavy atom. The van der Waals surface area contributed by atoms with E-state index in [4.69, 9.17) is 16.6 Å². The molecule has 1 unspecified atom stereocenters. The normalized spacial score (nSPS) is 15.5. The fourth-order valence-electron chi connectivity index (χ4n) is 4.81. The molecule has 5 nitrogen and oxygen atoms in total. The first-order valence-electron chi connectivity index (χ1n) is 11.4. The first kappa shape index (κ1) is 21.7. The van der Waals surface area contributed by atoms with Crippen LogP contribution in [0.5, 0.6) is 0 Å². The highest BCUT2D eigenvalue weighted by molar-refractivity contribution is 6.30. The molecule has 2 aromatic heterocycles. The van der Waals surface area contributed by atoms with Gasteiger partial charge in [0.15, 0.2) is 0 Å². The Hall–Kier alpha value is -3.15. The number of rotatable bonds is 5. The van der Waals surface area contributed by atoms with Crippen LogP contribution in [-0.4, -0.2) is 33.9 Å². The summed E-state index contributed by atoms with van der Waals surface area (Å²) in [6, 6.07) is 19.2. The van der Waals surface area contributed by atoms with Crippen LogP contribution in [0.15, 0.2) is 66.9 Å². The number of hydrogen-bond acceptors (Lipinski definition) is 3. The Bertz CT molecular complexity index is 1260. The molecule has 6 heteroatoms. The standard InChI is InChI=1S/C27H27ClN4O/c1-18-25(26(24-7-3-4-14-29-24)32-15-5-2-6-16-32)22-17-21(12-13-23(22)30-18)31-27(33)19-8-10-20(28)11-9-19/h3-4,7-14,17,26,30H,2,5-6,15-16H2,1H3,(H,31,33). The number of anilines is 1. The van der Waals surface area contributed by atoms with Crippen LogP contribution >= 0.6 is 11.6 Å². The van der Waals surface area contributed by atoms with Gasteiger partial charge in [-0.1, -0.05) is 24.1 Å². The zero-order valence-electron chi connectivity index (χ0n) is 18.6. The molecule has 1 aliphatic rings. The van der Waals surface area contributed by atoms with E-state index >= 15 is 0 Å². The predicted octanol–water partition coefficient (Wildman–Crippen LogP) is 6.35. The second kappa shape index (κ2) is 9.38. The molecule has 2 N–H and O–H groups in total. The predicted molar refractivity (Wildman–Crippen MR) is 134 cm³/mol. The molecule has 5 rings (SSSR count). The minimum absolute atomic E-state index is 0.0717. The topological polar surface area (TPSA) is 61.0 Å². The van der Waals surface area contributed by atoms with Gasteiger partial charge >= 0.3 is 0 Å². The molecule has 0 radical (unpaired) electrons. The third-order valence-corrected chi connectivity index (χ3v) is 6.65. The van der Waals surface area contributed by atoms with Gasteiger partial charge in [-0.15, -0.1) is 0 Å². The number of aromatic nitrogens is 2. The lowest BCUT2D eigenvalue weighted by molar-refractivity contribution is 0.102. The maximum atomic E-state index is 12.8. The number of aromatic amines is 1. The zero-order chi connectivity index (χ0) is 22.8. The fraction of sp³-hybridized carbons (Fsp3) is 0.259. The second-order valence-electron chi connectivity index (χ2n) is 8.64. The van der Waals surface area contributed by atoms with E-state index in [2.05, 4.69) is 40.3 Å². The molecule has 0 spiro atoms. The first-order valence-corrected chi connectivity index (χ1v) is 11.8. The molecule has 1 aliphatic heterocycles. The summed E-state index contributed by atoms with van der Waals surface area (Å²) in [7, 11) is 0. The Kier molecular flexibility index (Phi) is 6.16. The van der Waals surface area contributed by atoms with Crippen LogP contribution in [0.4, 0.5) is 5.69 Å². The number of amides is 1. The molecular formula is C27H27ClN4O. The van der Waals surface area contributed by atoms with Gasteiger partial charge in [0.05, 0.1) is 11.7 Å². The molecule has 33 heavy (non-hydrogen) atoms. The van der Waals surface area contributed by atoms with E-state index in [9.17, 15) is 4.79 Å². The molecular weight excluding hydrogens is 432 g/mol. The lowest BCUT2D eigenvalue weighted by Gasteiger charge is -2.34. The highest BCUT2D eigenvalue weighted by atomic mass is 35.5. The average Bonchev–Trinajstić information content (AvgIpc) is 3.16. The minimum atomic E-state index is -0.155. The molecule has 1 atom stereocenters. The smallest absolute Gasteiger partial charge is 0.255 e. The van der Waals surface area contributed by atoms with E-state index in [0.717, 1.165) is 41.1 Å². The number of nitrogens with zero attached hydrogens (tertiary/aromatic N) is 2. The van der Waals surface area contributed by atoms with Gasteiger partial charge in [-0.25, -0.2) is 0 Å². The van der Waals surface area contributed by atoms with Gasteiger partial charge in [-0.05, 0) is 87.5 Å². The number of nitrogens with one attached hydrogen (secondary N) is 2. The van der Waals surface area contributed by atoms with Crippen LogP contribution in [0.2, 0.25) is 5.02 Å². The number of benzene rings is 2. The van der Waals surface area contributed by atoms with Crippen LogP contribution in [0.25, 0.3) is 10.9 Å². The molecule has 1 saturated heterocycles. The number of carbonyl (C=O) groups excluding carboxylic acids is 1. The molecule has 0 aliphatic carbocycles. The third-order valence-electron chi connectivity index (χ3n) is 6.40. The largest absolute Gasteiger partial charge is 0.358 e. The lowest BCUT2D eigenvalue weighted by Crippen LogP contribution is -2.35. The van der Waals surface area contributed by atoms with Crippen molar-refractivity contribution in [2.45, 2.75) is 32.2 Å². The highest BCUT2D eigenvalue weighted by Crippen LogP contribution is 2.37. The van der Waals surface area contributed by atoms with Crippen molar-refractivity contribution in [3.63, 3.8) is 0 Å². The van der Waals surface area contributed by atoms with Crippen LogP contribution < -0.4 is 5.32 Å². The molecule has 2 aromatic carbocycles. The molecule has 4 aromatic rings. The summed E-state index contributed by atoms with van der Waals surface area (Å²) in [6.45, 7) is 4.24. The van der Waals surface area contributed by atoms with Crippen molar-refractivity contribution in [3.05, 3.63) is 94.4 Å². The summed E-state index contributed by atoms with van der Waals surface area (Å²) in [6.07, 6.45) is 5.55. The van der Waals surface area contributed by atoms with Crippen molar-refractivity contribution in [1.29, 1.82) is 0 Å². The van der Waals surface area contributed by atoms with Crippen LogP contribution in [-0.2, 0) is 0 Å². The summed E-state index contributed by atoms with van der Waals surface area (Å²) in [5, 5.41) is 4.76. The van der Waals surface area contributed by atoms with Crippen molar-refractivity contribution >= 4 is 34.1 Å². The monoisotopic (exact) mass is 458 g/mol. The zero-order valence-corrected chi connectivity index (χ0v) is 19.4. The third kappa shape index (κ3) is 4.52. The Morgan fingerprint density at radius 3 is 2.58 bits per heavy atom. The minimum Gasteiger partial charge on any atom is -0.358 e. The molecule has 3 heterocycles. The number of pyridine rings is 1. The quantitative estimate of drug-likeness (QED) is 0.366. The summed E-state index contributed by atoms with van der Waals surface area (Å²) in [5.41, 5.74) is 5.82. The number of fused-ring (bicyclic) bond motifs is 1. The van der Waals surface area contributed by atoms with Crippen molar-refractivity contribution in [1.82, 2.24) is 14.9 Å². The molecule has 1 fully saturated rings. The van der Waals surface area contributed by atoms with Gasteiger partial charge in [0.2, 0.25) is 0 Å². The van der Waals surface area contributed by atoms with E-state index in [1.807, 2.05) is 24.4 Å². The molecule has 168 valence electrons. The summed E-state index contributed by atoms with van der Waals surface area (Å²) in [4.78, 5) is 23.6. The van der Waals surface area contributed by atoms with Crippen molar-refractivity contribution in [3.8, 4) is 0 Å². The SMILES string of the molecule is Cc1[nH]c2ccc(NC(=O)c3ccc(Cl)cc3)cc2c1C(c1ccccn1)N1CCCCC1. The summed E-state index contributed by atoms with van der Waals surface area (Å²) in [5.74, 6) is -0.155. The van der Waals surface area contributed by atoms with Gasteiger partial charge in [0.1, 0.15) is 0 Å². The summed E-state index contributed by atoms with van der Waals surface area (Å²) < 4.78 is 0. The fourth-order valence-corrected chi connectivity index (χ4v) is 4.94. The Labute approximate surface area is 198 Å². The van der Waals surface area contributed by atoms with Crippen LogP contribution in [0.3, 0.4) is 0 Å². The number of halogens is 1.